The van der Waals surface area contributed by atoms with Gasteiger partial charge in [0.1, 0.15) is 0 Å². The molecule has 148 valence electrons. The first-order valence-corrected chi connectivity index (χ1v) is 9.52. The highest BCUT2D eigenvalue weighted by atomic mass is 16.5. The van der Waals surface area contributed by atoms with Gasteiger partial charge in [-0.2, -0.15) is 0 Å². The molecule has 0 atom stereocenters. The number of likely N-dealkylation sites (tertiary alicyclic amines) is 1. The molecule has 1 aliphatic heterocycles. The number of hydrogen-bond acceptors (Lipinski definition) is 6. The smallest absolute Gasteiger partial charge is 0.338 e. The van der Waals surface area contributed by atoms with Crippen LogP contribution in [0.15, 0.2) is 54.6 Å². The van der Waals surface area contributed by atoms with Crippen molar-refractivity contribution < 1.29 is 14.3 Å². The number of ether oxygens (including phenoxy) is 1. The van der Waals surface area contributed by atoms with Gasteiger partial charge in [0, 0.05) is 19.5 Å². The molecule has 2 heterocycles. The van der Waals surface area contributed by atoms with Gasteiger partial charge >= 0.3 is 5.97 Å². The molecule has 8 heteroatoms. The Morgan fingerprint density at radius 1 is 1.00 bits per heavy atom. The molecular weight excluding hydrogens is 370 g/mol. The van der Waals surface area contributed by atoms with Crippen LogP contribution in [0.25, 0.3) is 0 Å². The monoisotopic (exact) mass is 391 g/mol. The third-order valence-corrected chi connectivity index (χ3v) is 4.85. The summed E-state index contributed by atoms with van der Waals surface area (Å²) in [5.74, 6) is 0.219. The molecule has 0 radical (unpaired) electrons. The van der Waals surface area contributed by atoms with Crippen molar-refractivity contribution in [1.29, 1.82) is 0 Å². The molecule has 0 N–H and O–H groups in total. The second-order valence-electron chi connectivity index (χ2n) is 6.93. The van der Waals surface area contributed by atoms with Gasteiger partial charge in [-0.25, -0.2) is 9.48 Å². The van der Waals surface area contributed by atoms with Crippen LogP contribution in [-0.4, -0.2) is 43.5 Å². The maximum Gasteiger partial charge on any atom is 0.338 e. The van der Waals surface area contributed by atoms with Crippen LogP contribution in [0.3, 0.4) is 0 Å². The first-order valence-electron chi connectivity index (χ1n) is 9.52. The number of benzene rings is 2. The molecule has 29 heavy (non-hydrogen) atoms. The van der Waals surface area contributed by atoms with Crippen molar-refractivity contribution in [1.82, 2.24) is 25.1 Å². The minimum Gasteiger partial charge on any atom is -0.454 e. The van der Waals surface area contributed by atoms with Crippen LogP contribution < -0.4 is 0 Å². The van der Waals surface area contributed by atoms with Gasteiger partial charge in [0.05, 0.1) is 12.1 Å². The summed E-state index contributed by atoms with van der Waals surface area (Å²) in [5.41, 5.74) is 2.49. The Labute approximate surface area is 168 Å². The molecule has 1 saturated heterocycles. The van der Waals surface area contributed by atoms with E-state index in [1.165, 1.54) is 0 Å². The van der Waals surface area contributed by atoms with Crippen molar-refractivity contribution in [3.05, 3.63) is 77.1 Å². The maximum atomic E-state index is 12.4. The summed E-state index contributed by atoms with van der Waals surface area (Å²) in [5, 5.41) is 11.6. The lowest BCUT2D eigenvalue weighted by Gasteiger charge is -2.15. The van der Waals surface area contributed by atoms with Gasteiger partial charge in [-0.1, -0.05) is 42.5 Å². The van der Waals surface area contributed by atoms with Crippen molar-refractivity contribution in [2.75, 3.05) is 6.54 Å². The Balaban J connectivity index is 1.33. The second kappa shape index (κ2) is 8.64. The molecule has 0 unspecified atom stereocenters. The van der Waals surface area contributed by atoms with Gasteiger partial charge in [-0.3, -0.25) is 4.79 Å². The van der Waals surface area contributed by atoms with Crippen LogP contribution in [0.2, 0.25) is 0 Å². The summed E-state index contributed by atoms with van der Waals surface area (Å²) in [6.07, 6.45) is 1.53. The Morgan fingerprint density at radius 2 is 1.76 bits per heavy atom. The van der Waals surface area contributed by atoms with E-state index in [1.807, 2.05) is 47.4 Å². The standard InChI is InChI=1S/C21H21N5O3/c27-20-7-4-12-25(20)13-17-8-10-18(11-9-17)21(28)29-15-19-22-23-24-26(19)14-16-5-2-1-3-6-16/h1-3,5-6,8-11H,4,7,12-15H2. The molecular formula is C21H21N5O3. The predicted octanol–water partition coefficient (Wildman–Crippen LogP) is 2.20. The van der Waals surface area contributed by atoms with E-state index in [2.05, 4.69) is 15.5 Å². The van der Waals surface area contributed by atoms with Crippen molar-refractivity contribution in [2.45, 2.75) is 32.5 Å². The lowest BCUT2D eigenvalue weighted by atomic mass is 10.1. The van der Waals surface area contributed by atoms with E-state index in [-0.39, 0.29) is 12.5 Å². The summed E-state index contributed by atoms with van der Waals surface area (Å²) in [6.45, 7) is 1.86. The third-order valence-electron chi connectivity index (χ3n) is 4.85. The maximum absolute atomic E-state index is 12.4. The number of carbonyl (C=O) groups excluding carboxylic acids is 2. The van der Waals surface area contributed by atoms with Crippen LogP contribution in [0, 0.1) is 0 Å². The van der Waals surface area contributed by atoms with Gasteiger partial charge in [-0.15, -0.1) is 5.10 Å². The van der Waals surface area contributed by atoms with Crippen molar-refractivity contribution in [3.63, 3.8) is 0 Å². The molecule has 8 nitrogen and oxygen atoms in total. The molecule has 4 rings (SSSR count). The molecule has 0 aliphatic carbocycles. The minimum atomic E-state index is -0.442. The number of tetrazole rings is 1. The summed E-state index contributed by atoms with van der Waals surface area (Å²) in [6, 6.07) is 16.9. The summed E-state index contributed by atoms with van der Waals surface area (Å²) in [7, 11) is 0. The number of hydrogen-bond donors (Lipinski definition) is 0. The fourth-order valence-corrected chi connectivity index (χ4v) is 3.26. The highest BCUT2D eigenvalue weighted by molar-refractivity contribution is 5.89. The number of carbonyl (C=O) groups is 2. The fourth-order valence-electron chi connectivity index (χ4n) is 3.26. The molecule has 1 aliphatic rings. The number of rotatable bonds is 7. The number of aromatic nitrogens is 4. The normalized spacial score (nSPS) is 13.7. The molecule has 0 bridgehead atoms. The van der Waals surface area contributed by atoms with E-state index in [1.54, 1.807) is 16.8 Å². The van der Waals surface area contributed by atoms with Crippen LogP contribution >= 0.6 is 0 Å². The largest absolute Gasteiger partial charge is 0.454 e. The number of nitrogens with zero attached hydrogens (tertiary/aromatic N) is 5. The van der Waals surface area contributed by atoms with Crippen molar-refractivity contribution in [3.8, 4) is 0 Å². The SMILES string of the molecule is O=C(OCc1nnnn1Cc1ccccc1)c1ccc(CN2CCCC2=O)cc1. The quantitative estimate of drug-likeness (QED) is 0.574. The third kappa shape index (κ3) is 4.66. The zero-order chi connectivity index (χ0) is 20.1. The Morgan fingerprint density at radius 3 is 2.48 bits per heavy atom. The first-order chi connectivity index (χ1) is 14.2. The van der Waals surface area contributed by atoms with Crippen molar-refractivity contribution in [2.24, 2.45) is 0 Å². The zero-order valence-corrected chi connectivity index (χ0v) is 15.9. The summed E-state index contributed by atoms with van der Waals surface area (Å²) >= 11 is 0. The Bertz CT molecular complexity index is 985. The van der Waals surface area contributed by atoms with Gasteiger partial charge < -0.3 is 9.64 Å². The van der Waals surface area contributed by atoms with Crippen LogP contribution in [-0.2, 0) is 29.2 Å². The summed E-state index contributed by atoms with van der Waals surface area (Å²) in [4.78, 5) is 25.9. The highest BCUT2D eigenvalue weighted by Crippen LogP contribution is 2.15. The van der Waals surface area contributed by atoms with Gasteiger partial charge in [0.2, 0.25) is 5.91 Å². The van der Waals surface area contributed by atoms with E-state index >= 15 is 0 Å². The molecule has 1 amide bonds. The Kier molecular flexibility index (Phi) is 5.60. The lowest BCUT2D eigenvalue weighted by Crippen LogP contribution is -2.23. The Hall–Kier alpha value is -3.55. The zero-order valence-electron chi connectivity index (χ0n) is 15.9. The second-order valence-corrected chi connectivity index (χ2v) is 6.93. The number of amides is 1. The molecule has 0 spiro atoms. The van der Waals surface area contributed by atoms with Gasteiger partial charge in [0.15, 0.2) is 12.4 Å². The van der Waals surface area contributed by atoms with Crippen LogP contribution in [0.4, 0.5) is 0 Å². The van der Waals surface area contributed by atoms with Crippen LogP contribution in [0.1, 0.15) is 40.2 Å². The minimum absolute atomic E-state index is 0.0112. The molecule has 1 fully saturated rings. The molecule has 3 aromatic rings. The molecule has 2 aromatic carbocycles. The first kappa shape index (κ1) is 18.8. The van der Waals surface area contributed by atoms with E-state index < -0.39 is 5.97 Å². The average Bonchev–Trinajstić information content (AvgIpc) is 3.36. The fraction of sp³-hybridized carbons (Fsp3) is 0.286. The van der Waals surface area contributed by atoms with Crippen molar-refractivity contribution >= 4 is 11.9 Å². The van der Waals surface area contributed by atoms with E-state index in [0.29, 0.717) is 30.9 Å². The van der Waals surface area contributed by atoms with Gasteiger partial charge in [0.25, 0.3) is 0 Å². The van der Waals surface area contributed by atoms with E-state index in [0.717, 1.165) is 24.1 Å². The predicted molar refractivity (Wildman–Crippen MR) is 104 cm³/mol. The average molecular weight is 391 g/mol. The van der Waals surface area contributed by atoms with Gasteiger partial charge in [-0.05, 0) is 40.1 Å². The molecule has 1 aromatic heterocycles. The summed E-state index contributed by atoms with van der Waals surface area (Å²) < 4.78 is 6.98. The van der Waals surface area contributed by atoms with E-state index in [9.17, 15) is 9.59 Å². The van der Waals surface area contributed by atoms with E-state index in [4.69, 9.17) is 4.74 Å². The van der Waals surface area contributed by atoms with Crippen LogP contribution in [0.5, 0.6) is 0 Å². The highest BCUT2D eigenvalue weighted by Gasteiger charge is 2.20. The lowest BCUT2D eigenvalue weighted by molar-refractivity contribution is -0.128. The topological polar surface area (TPSA) is 90.2 Å². The molecule has 0 saturated carbocycles. The number of esters is 1.